The second-order valence-corrected chi connectivity index (χ2v) is 6.40. The van der Waals surface area contributed by atoms with Crippen molar-refractivity contribution >= 4 is 5.97 Å². The Balaban J connectivity index is 2.25. The van der Waals surface area contributed by atoms with Crippen molar-refractivity contribution in [3.8, 4) is 17.6 Å². The number of methoxy groups -OCH3 is 1. The summed E-state index contributed by atoms with van der Waals surface area (Å²) in [5.74, 6) is 0.438. The molecule has 24 heavy (non-hydrogen) atoms. The highest BCUT2D eigenvalue weighted by molar-refractivity contribution is 5.69. The molecule has 1 aromatic rings. The van der Waals surface area contributed by atoms with E-state index >= 15 is 0 Å². The number of hydrogen-bond donors (Lipinski definition) is 1. The van der Waals surface area contributed by atoms with Gasteiger partial charge in [0.25, 0.3) is 0 Å². The third kappa shape index (κ3) is 3.98. The van der Waals surface area contributed by atoms with Crippen LogP contribution in [0, 0.1) is 11.3 Å². The van der Waals surface area contributed by atoms with Crippen molar-refractivity contribution in [2.45, 2.75) is 38.2 Å². The average molecular weight is 332 g/mol. The average Bonchev–Trinajstić information content (AvgIpc) is 2.55. The standard InChI is InChI=1S/C18H24N2O4/c1-13(2)24-16-10-14(4-5-15(16)23-3)18(12-19)6-8-20(9-7-18)11-17(21)22/h4-5,10,13H,6-9,11H2,1-3H3,(H,21,22). The molecule has 130 valence electrons. The largest absolute Gasteiger partial charge is 0.493 e. The Bertz CT molecular complexity index is 628. The number of rotatable bonds is 6. The van der Waals surface area contributed by atoms with Crippen molar-refractivity contribution in [3.05, 3.63) is 23.8 Å². The zero-order valence-electron chi connectivity index (χ0n) is 14.4. The summed E-state index contributed by atoms with van der Waals surface area (Å²) in [6, 6.07) is 8.07. The summed E-state index contributed by atoms with van der Waals surface area (Å²) < 4.78 is 11.1. The van der Waals surface area contributed by atoms with Crippen LogP contribution in [0.2, 0.25) is 0 Å². The van der Waals surface area contributed by atoms with Gasteiger partial charge in [-0.2, -0.15) is 5.26 Å². The molecule has 0 spiro atoms. The third-order valence-electron chi connectivity index (χ3n) is 4.36. The van der Waals surface area contributed by atoms with E-state index in [2.05, 4.69) is 6.07 Å². The Hall–Kier alpha value is -2.26. The van der Waals surface area contributed by atoms with Crippen molar-refractivity contribution in [2.75, 3.05) is 26.7 Å². The zero-order chi connectivity index (χ0) is 17.7. The maximum Gasteiger partial charge on any atom is 0.317 e. The SMILES string of the molecule is COc1ccc(C2(C#N)CCN(CC(=O)O)CC2)cc1OC(C)C. The Morgan fingerprint density at radius 3 is 2.54 bits per heavy atom. The predicted octanol–water partition coefficient (Wildman–Crippen LogP) is 2.42. The Kier molecular flexibility index (Phi) is 5.68. The second-order valence-electron chi connectivity index (χ2n) is 6.40. The van der Waals surface area contributed by atoms with E-state index in [1.165, 1.54) is 0 Å². The number of nitrogens with zero attached hydrogens (tertiary/aromatic N) is 2. The number of carbonyl (C=O) groups is 1. The van der Waals surface area contributed by atoms with Crippen LogP contribution in [0.1, 0.15) is 32.3 Å². The van der Waals surface area contributed by atoms with Crippen molar-refractivity contribution in [2.24, 2.45) is 0 Å². The van der Waals surface area contributed by atoms with Crippen LogP contribution < -0.4 is 9.47 Å². The Labute approximate surface area is 142 Å². The van der Waals surface area contributed by atoms with Gasteiger partial charge < -0.3 is 14.6 Å². The number of ether oxygens (including phenoxy) is 2. The van der Waals surface area contributed by atoms with E-state index in [4.69, 9.17) is 14.6 Å². The third-order valence-corrected chi connectivity index (χ3v) is 4.36. The molecule has 1 fully saturated rings. The van der Waals surface area contributed by atoms with E-state index in [9.17, 15) is 10.1 Å². The van der Waals surface area contributed by atoms with Gasteiger partial charge in [0.1, 0.15) is 0 Å². The minimum atomic E-state index is -0.837. The molecule has 0 atom stereocenters. The lowest BCUT2D eigenvalue weighted by Gasteiger charge is -2.37. The van der Waals surface area contributed by atoms with E-state index in [-0.39, 0.29) is 12.6 Å². The van der Waals surface area contributed by atoms with Crippen LogP contribution in [-0.4, -0.2) is 48.8 Å². The lowest BCUT2D eigenvalue weighted by atomic mass is 9.74. The number of likely N-dealkylation sites (tertiary alicyclic amines) is 1. The lowest BCUT2D eigenvalue weighted by Crippen LogP contribution is -2.43. The molecule has 1 aliphatic rings. The fourth-order valence-corrected chi connectivity index (χ4v) is 3.07. The maximum atomic E-state index is 10.8. The van der Waals surface area contributed by atoms with E-state index in [1.807, 2.05) is 36.9 Å². The summed E-state index contributed by atoms with van der Waals surface area (Å²) in [7, 11) is 1.59. The van der Waals surface area contributed by atoms with Gasteiger partial charge in [-0.05, 0) is 44.4 Å². The summed E-state index contributed by atoms with van der Waals surface area (Å²) >= 11 is 0. The molecule has 0 aromatic heterocycles. The number of aliphatic carboxylic acids is 1. The van der Waals surface area contributed by atoms with Crippen LogP contribution in [0.15, 0.2) is 18.2 Å². The molecular formula is C18H24N2O4. The second kappa shape index (κ2) is 7.54. The van der Waals surface area contributed by atoms with Gasteiger partial charge >= 0.3 is 5.97 Å². The van der Waals surface area contributed by atoms with Gasteiger partial charge in [0.15, 0.2) is 11.5 Å². The van der Waals surface area contributed by atoms with Crippen LogP contribution in [-0.2, 0) is 10.2 Å². The molecule has 0 saturated carbocycles. The molecule has 0 radical (unpaired) electrons. The summed E-state index contributed by atoms with van der Waals surface area (Å²) in [6.45, 7) is 5.08. The number of carboxylic acid groups (broad SMARTS) is 1. The highest BCUT2D eigenvalue weighted by Crippen LogP contribution is 2.39. The molecule has 1 heterocycles. The van der Waals surface area contributed by atoms with Crippen LogP contribution in [0.3, 0.4) is 0 Å². The molecule has 1 N–H and O–H groups in total. The van der Waals surface area contributed by atoms with Gasteiger partial charge in [0, 0.05) is 13.1 Å². The highest BCUT2D eigenvalue weighted by Gasteiger charge is 2.37. The summed E-state index contributed by atoms with van der Waals surface area (Å²) in [6.07, 6.45) is 1.21. The monoisotopic (exact) mass is 332 g/mol. The Morgan fingerprint density at radius 2 is 2.04 bits per heavy atom. The van der Waals surface area contributed by atoms with E-state index in [0.717, 1.165) is 5.56 Å². The molecule has 6 nitrogen and oxygen atoms in total. The first-order valence-electron chi connectivity index (χ1n) is 8.11. The fourth-order valence-electron chi connectivity index (χ4n) is 3.07. The number of nitriles is 1. The van der Waals surface area contributed by atoms with Gasteiger partial charge in [0.2, 0.25) is 0 Å². The Morgan fingerprint density at radius 1 is 1.38 bits per heavy atom. The number of piperidine rings is 1. The molecular weight excluding hydrogens is 308 g/mol. The molecule has 1 aliphatic heterocycles. The van der Waals surface area contributed by atoms with Crippen molar-refractivity contribution < 1.29 is 19.4 Å². The van der Waals surface area contributed by atoms with Crippen molar-refractivity contribution in [3.63, 3.8) is 0 Å². The molecule has 6 heteroatoms. The summed E-state index contributed by atoms with van der Waals surface area (Å²) in [4.78, 5) is 12.7. The fraction of sp³-hybridized carbons (Fsp3) is 0.556. The molecule has 0 unspecified atom stereocenters. The number of hydrogen-bond acceptors (Lipinski definition) is 5. The first-order chi connectivity index (χ1) is 11.4. The van der Waals surface area contributed by atoms with Crippen LogP contribution in [0.5, 0.6) is 11.5 Å². The molecule has 1 saturated heterocycles. The molecule has 0 aliphatic carbocycles. The van der Waals surface area contributed by atoms with E-state index in [0.29, 0.717) is 37.4 Å². The van der Waals surface area contributed by atoms with Gasteiger partial charge in [-0.1, -0.05) is 6.07 Å². The van der Waals surface area contributed by atoms with Gasteiger partial charge in [0.05, 0.1) is 31.2 Å². The maximum absolute atomic E-state index is 10.8. The minimum absolute atomic E-state index is 0.00426. The predicted molar refractivity (Wildman–Crippen MR) is 89.4 cm³/mol. The first kappa shape index (κ1) is 18.1. The topological polar surface area (TPSA) is 82.8 Å². The van der Waals surface area contributed by atoms with Crippen LogP contribution >= 0.6 is 0 Å². The van der Waals surface area contributed by atoms with Gasteiger partial charge in [-0.15, -0.1) is 0 Å². The molecule has 1 aromatic carbocycles. The molecule has 0 bridgehead atoms. The van der Waals surface area contributed by atoms with Crippen LogP contribution in [0.4, 0.5) is 0 Å². The smallest absolute Gasteiger partial charge is 0.317 e. The van der Waals surface area contributed by atoms with Gasteiger partial charge in [-0.3, -0.25) is 9.69 Å². The zero-order valence-corrected chi connectivity index (χ0v) is 14.4. The van der Waals surface area contributed by atoms with E-state index < -0.39 is 11.4 Å². The van der Waals surface area contributed by atoms with Crippen molar-refractivity contribution in [1.82, 2.24) is 4.90 Å². The van der Waals surface area contributed by atoms with E-state index in [1.54, 1.807) is 7.11 Å². The number of carboxylic acids is 1. The van der Waals surface area contributed by atoms with Crippen LogP contribution in [0.25, 0.3) is 0 Å². The minimum Gasteiger partial charge on any atom is -0.493 e. The first-order valence-corrected chi connectivity index (χ1v) is 8.11. The van der Waals surface area contributed by atoms with Gasteiger partial charge in [-0.25, -0.2) is 0 Å². The summed E-state index contributed by atoms with van der Waals surface area (Å²) in [5.41, 5.74) is 0.285. The summed E-state index contributed by atoms with van der Waals surface area (Å²) in [5, 5.41) is 18.7. The number of benzene rings is 1. The molecule has 0 amide bonds. The quantitative estimate of drug-likeness (QED) is 0.861. The highest BCUT2D eigenvalue weighted by atomic mass is 16.5. The lowest BCUT2D eigenvalue weighted by molar-refractivity contribution is -0.138. The normalized spacial score (nSPS) is 17.3. The molecule has 2 rings (SSSR count). The van der Waals surface area contributed by atoms with Crippen molar-refractivity contribution in [1.29, 1.82) is 5.26 Å².